The van der Waals surface area contributed by atoms with Gasteiger partial charge in [-0.3, -0.25) is 5.32 Å². The number of hydrogen-bond acceptors (Lipinski definition) is 7. The Kier molecular flexibility index (Phi) is 7.23. The average molecular weight is 434 g/mol. The minimum Gasteiger partial charge on any atom is -0.497 e. The van der Waals surface area contributed by atoms with Crippen LogP contribution in [0.25, 0.3) is 10.3 Å². The molecule has 160 valence electrons. The highest BCUT2D eigenvalue weighted by molar-refractivity contribution is 7.16. The van der Waals surface area contributed by atoms with Crippen LogP contribution in [0, 0.1) is 5.82 Å². The van der Waals surface area contributed by atoms with E-state index >= 15 is 0 Å². The number of nitrogens with one attached hydrogen (secondary N) is 2. The van der Waals surface area contributed by atoms with Gasteiger partial charge in [-0.1, -0.05) is 6.92 Å². The van der Waals surface area contributed by atoms with Crippen LogP contribution >= 0.6 is 11.3 Å². The molecule has 2 amide bonds. The summed E-state index contributed by atoms with van der Waals surface area (Å²) in [6, 6.07) is 5.97. The number of ether oxygens (including phenoxy) is 2. The van der Waals surface area contributed by atoms with Crippen molar-refractivity contribution in [2.45, 2.75) is 13.3 Å². The summed E-state index contributed by atoms with van der Waals surface area (Å²) in [7, 11) is 2.97. The zero-order valence-electron chi connectivity index (χ0n) is 17.1. The largest absolute Gasteiger partial charge is 0.497 e. The summed E-state index contributed by atoms with van der Waals surface area (Å²) in [5.41, 5.74) is 1.41. The van der Waals surface area contributed by atoms with Crippen LogP contribution in [0.3, 0.4) is 0 Å². The molecule has 1 aromatic carbocycles. The molecule has 0 aliphatic carbocycles. The standard InChI is InChI=1S/C20H24FN5O3S/c1-4-7-26(14-10-13(21)11-15(12-14)28-2)8-6-22-20(27)25-17-18(29-3)23-16-5-9-30-19(16)24-17/h5,9-12H,4,6-8H2,1-3H3,(H2,22,24,25,27). The zero-order chi connectivity index (χ0) is 21.5. The smallest absolute Gasteiger partial charge is 0.320 e. The molecule has 3 rings (SSSR count). The molecule has 0 saturated heterocycles. The number of thiophene rings is 1. The van der Waals surface area contributed by atoms with Crippen molar-refractivity contribution in [3.05, 3.63) is 35.5 Å². The Labute approximate surface area is 178 Å². The maximum atomic E-state index is 13.9. The number of carbonyl (C=O) groups is 1. The van der Waals surface area contributed by atoms with Gasteiger partial charge in [0.15, 0.2) is 5.82 Å². The Hall–Kier alpha value is -3.14. The Bertz CT molecular complexity index is 1010. The summed E-state index contributed by atoms with van der Waals surface area (Å²) >= 11 is 1.43. The molecular weight excluding hydrogens is 409 g/mol. The molecule has 0 atom stereocenters. The van der Waals surface area contributed by atoms with Crippen molar-refractivity contribution in [1.29, 1.82) is 0 Å². The Morgan fingerprint density at radius 2 is 2.03 bits per heavy atom. The van der Waals surface area contributed by atoms with Crippen LogP contribution in [-0.2, 0) is 0 Å². The lowest BCUT2D eigenvalue weighted by Crippen LogP contribution is -2.37. The number of methoxy groups -OCH3 is 2. The fourth-order valence-electron chi connectivity index (χ4n) is 2.94. The summed E-state index contributed by atoms with van der Waals surface area (Å²) in [6.45, 7) is 3.60. The highest BCUT2D eigenvalue weighted by atomic mass is 32.1. The number of aromatic nitrogens is 2. The molecule has 0 radical (unpaired) electrons. The second-order valence-electron chi connectivity index (χ2n) is 6.41. The van der Waals surface area contributed by atoms with Gasteiger partial charge in [-0.05, 0) is 23.9 Å². The van der Waals surface area contributed by atoms with Crippen molar-refractivity contribution < 1.29 is 18.7 Å². The summed E-state index contributed by atoms with van der Waals surface area (Å²) in [5, 5.41) is 7.34. The van der Waals surface area contributed by atoms with Gasteiger partial charge < -0.3 is 19.7 Å². The second-order valence-corrected chi connectivity index (χ2v) is 7.30. The van der Waals surface area contributed by atoms with Crippen LogP contribution in [0.4, 0.5) is 20.7 Å². The van der Waals surface area contributed by atoms with E-state index in [4.69, 9.17) is 9.47 Å². The van der Waals surface area contributed by atoms with Crippen LogP contribution in [-0.4, -0.2) is 49.9 Å². The number of benzene rings is 1. The zero-order valence-corrected chi connectivity index (χ0v) is 17.9. The minimum absolute atomic E-state index is 0.246. The molecule has 0 spiro atoms. The first kappa shape index (κ1) is 21.6. The molecule has 30 heavy (non-hydrogen) atoms. The van der Waals surface area contributed by atoms with Crippen LogP contribution in [0.15, 0.2) is 29.6 Å². The monoisotopic (exact) mass is 433 g/mol. The summed E-state index contributed by atoms with van der Waals surface area (Å²) < 4.78 is 24.2. The third-order valence-electron chi connectivity index (χ3n) is 4.31. The van der Waals surface area contributed by atoms with Gasteiger partial charge in [-0.15, -0.1) is 11.3 Å². The minimum atomic E-state index is -0.424. The normalized spacial score (nSPS) is 10.7. The molecule has 2 heterocycles. The average Bonchev–Trinajstić information content (AvgIpc) is 3.19. The number of anilines is 2. The van der Waals surface area contributed by atoms with E-state index in [0.717, 1.165) is 6.42 Å². The molecule has 10 heteroatoms. The van der Waals surface area contributed by atoms with Crippen LogP contribution in [0.5, 0.6) is 11.6 Å². The predicted molar refractivity (Wildman–Crippen MR) is 116 cm³/mol. The summed E-state index contributed by atoms with van der Waals surface area (Å²) in [4.78, 5) is 23.8. The molecule has 0 unspecified atom stereocenters. The van der Waals surface area contributed by atoms with Crippen LogP contribution in [0.2, 0.25) is 0 Å². The number of nitrogens with zero attached hydrogens (tertiary/aromatic N) is 3. The van der Waals surface area contributed by atoms with Crippen molar-refractivity contribution >= 4 is 39.2 Å². The van der Waals surface area contributed by atoms with Crippen molar-refractivity contribution in [3.63, 3.8) is 0 Å². The summed E-state index contributed by atoms with van der Waals surface area (Å²) in [5.74, 6) is 0.581. The van der Waals surface area contributed by atoms with E-state index in [1.54, 1.807) is 6.07 Å². The van der Waals surface area contributed by atoms with Gasteiger partial charge in [0.1, 0.15) is 21.9 Å². The van der Waals surface area contributed by atoms with Gasteiger partial charge in [-0.2, -0.15) is 0 Å². The third-order valence-corrected chi connectivity index (χ3v) is 5.10. The second kappa shape index (κ2) is 10.1. The van der Waals surface area contributed by atoms with Crippen LogP contribution < -0.4 is 25.0 Å². The van der Waals surface area contributed by atoms with E-state index in [2.05, 4.69) is 20.6 Å². The molecule has 0 saturated carbocycles. The molecule has 3 aromatic rings. The number of fused-ring (bicyclic) bond motifs is 1. The van der Waals surface area contributed by atoms with E-state index in [1.807, 2.05) is 23.3 Å². The molecule has 8 nitrogen and oxygen atoms in total. The van der Waals surface area contributed by atoms with E-state index in [9.17, 15) is 9.18 Å². The predicted octanol–water partition coefficient (Wildman–Crippen LogP) is 3.89. The molecule has 2 aromatic heterocycles. The molecule has 0 bridgehead atoms. The molecule has 0 aliphatic rings. The third kappa shape index (κ3) is 5.26. The summed E-state index contributed by atoms with van der Waals surface area (Å²) in [6.07, 6.45) is 0.874. The highest BCUT2D eigenvalue weighted by Gasteiger charge is 2.14. The number of amides is 2. The van der Waals surface area contributed by atoms with Gasteiger partial charge in [-0.25, -0.2) is 19.2 Å². The van der Waals surface area contributed by atoms with Crippen molar-refractivity contribution in [1.82, 2.24) is 15.3 Å². The fourth-order valence-corrected chi connectivity index (χ4v) is 3.65. The fraction of sp³-hybridized carbons (Fsp3) is 0.350. The number of urea groups is 1. The number of rotatable bonds is 9. The maximum Gasteiger partial charge on any atom is 0.320 e. The lowest BCUT2D eigenvalue weighted by Gasteiger charge is -2.25. The first-order valence-electron chi connectivity index (χ1n) is 9.47. The molecular formula is C20H24FN5O3S. The first-order chi connectivity index (χ1) is 14.5. The topological polar surface area (TPSA) is 88.6 Å². The maximum absolute atomic E-state index is 13.9. The van der Waals surface area contributed by atoms with Gasteiger partial charge in [0, 0.05) is 37.5 Å². The van der Waals surface area contributed by atoms with E-state index in [1.165, 1.54) is 37.7 Å². The SMILES string of the molecule is CCCN(CCNC(=O)Nc1nc2sccc2nc1OC)c1cc(F)cc(OC)c1. The lowest BCUT2D eigenvalue weighted by molar-refractivity contribution is 0.252. The van der Waals surface area contributed by atoms with Gasteiger partial charge in [0.2, 0.25) is 0 Å². The Morgan fingerprint density at radius 3 is 2.77 bits per heavy atom. The van der Waals surface area contributed by atoms with Crippen LogP contribution in [0.1, 0.15) is 13.3 Å². The Balaban J connectivity index is 1.61. The quantitative estimate of drug-likeness (QED) is 0.532. The van der Waals surface area contributed by atoms with E-state index in [0.29, 0.717) is 41.4 Å². The Morgan fingerprint density at radius 1 is 1.20 bits per heavy atom. The van der Waals surface area contributed by atoms with E-state index in [-0.39, 0.29) is 17.5 Å². The molecule has 2 N–H and O–H groups in total. The van der Waals surface area contributed by atoms with Crippen molar-refractivity contribution in [2.24, 2.45) is 0 Å². The molecule has 0 aliphatic heterocycles. The lowest BCUT2D eigenvalue weighted by atomic mass is 10.2. The van der Waals surface area contributed by atoms with Gasteiger partial charge in [0.25, 0.3) is 5.88 Å². The van der Waals surface area contributed by atoms with Gasteiger partial charge >= 0.3 is 6.03 Å². The van der Waals surface area contributed by atoms with Crippen molar-refractivity contribution in [2.75, 3.05) is 44.1 Å². The first-order valence-corrected chi connectivity index (χ1v) is 10.4. The van der Waals surface area contributed by atoms with Crippen molar-refractivity contribution in [3.8, 4) is 11.6 Å². The van der Waals surface area contributed by atoms with E-state index < -0.39 is 6.03 Å². The number of hydrogen-bond donors (Lipinski definition) is 2. The van der Waals surface area contributed by atoms with Gasteiger partial charge in [0.05, 0.1) is 14.2 Å². The number of halogens is 1. The number of carbonyl (C=O) groups excluding carboxylic acids is 1. The highest BCUT2D eigenvalue weighted by Crippen LogP contribution is 2.26. The molecule has 0 fully saturated rings.